The van der Waals surface area contributed by atoms with Crippen LogP contribution in [0, 0.1) is 0 Å². The van der Waals surface area contributed by atoms with E-state index in [2.05, 4.69) is 15.5 Å². The van der Waals surface area contributed by atoms with Gasteiger partial charge in [-0.2, -0.15) is 0 Å². The Morgan fingerprint density at radius 3 is 2.50 bits per heavy atom. The van der Waals surface area contributed by atoms with Crippen molar-refractivity contribution in [2.75, 3.05) is 39.9 Å². The van der Waals surface area contributed by atoms with Crippen LogP contribution in [-0.2, 0) is 14.3 Å². The lowest BCUT2D eigenvalue weighted by Gasteiger charge is -2.40. The lowest BCUT2D eigenvalue weighted by molar-refractivity contribution is -0.144. The van der Waals surface area contributed by atoms with Crippen LogP contribution in [-0.4, -0.2) is 73.4 Å². The number of carbonyl (C=O) groups is 2. The van der Waals surface area contributed by atoms with Gasteiger partial charge in [0.2, 0.25) is 5.91 Å². The maximum atomic E-state index is 12.4. The number of carboxylic acid groups (broad SMARTS) is 1. The third-order valence-electron chi connectivity index (χ3n) is 3.68. The molecule has 1 unspecified atom stereocenters. The summed E-state index contributed by atoms with van der Waals surface area (Å²) in [4.78, 5) is 25.6. The Labute approximate surface area is 119 Å². The van der Waals surface area contributed by atoms with Crippen LogP contribution in [0.5, 0.6) is 0 Å². The van der Waals surface area contributed by atoms with Crippen LogP contribution in [0.4, 0.5) is 0 Å². The molecule has 1 rings (SSSR count). The van der Waals surface area contributed by atoms with Crippen molar-refractivity contribution >= 4 is 11.9 Å². The SMILES string of the molecule is COCCC(NC(=O)C(C)(C)N1CCNCC1)C(=O)O. The molecule has 7 heteroatoms. The number of ether oxygens (including phenoxy) is 1. The van der Waals surface area contributed by atoms with Crippen LogP contribution in [0.1, 0.15) is 20.3 Å². The highest BCUT2D eigenvalue weighted by atomic mass is 16.5. The summed E-state index contributed by atoms with van der Waals surface area (Å²) in [7, 11) is 1.51. The number of nitrogens with zero attached hydrogens (tertiary/aromatic N) is 1. The topological polar surface area (TPSA) is 90.9 Å². The number of rotatable bonds is 7. The fourth-order valence-corrected chi connectivity index (χ4v) is 2.20. The minimum atomic E-state index is -1.04. The molecule has 1 amide bonds. The largest absolute Gasteiger partial charge is 0.480 e. The fourth-order valence-electron chi connectivity index (χ4n) is 2.20. The van der Waals surface area contributed by atoms with Crippen molar-refractivity contribution in [3.8, 4) is 0 Å². The molecule has 1 saturated heterocycles. The molecule has 1 atom stereocenters. The van der Waals surface area contributed by atoms with Gasteiger partial charge in [0.25, 0.3) is 0 Å². The first-order valence-corrected chi connectivity index (χ1v) is 6.88. The molecule has 1 aliphatic rings. The first kappa shape index (κ1) is 16.9. The van der Waals surface area contributed by atoms with E-state index in [0.29, 0.717) is 6.61 Å². The summed E-state index contributed by atoms with van der Waals surface area (Å²) in [5, 5.41) is 15.0. The second-order valence-corrected chi connectivity index (χ2v) is 5.44. The number of carbonyl (C=O) groups excluding carboxylic acids is 1. The van der Waals surface area contributed by atoms with Crippen molar-refractivity contribution in [2.45, 2.75) is 31.8 Å². The zero-order chi connectivity index (χ0) is 15.2. The van der Waals surface area contributed by atoms with E-state index in [4.69, 9.17) is 9.84 Å². The van der Waals surface area contributed by atoms with Crippen molar-refractivity contribution < 1.29 is 19.4 Å². The predicted molar refractivity (Wildman–Crippen MR) is 74.6 cm³/mol. The Morgan fingerprint density at radius 1 is 1.40 bits per heavy atom. The van der Waals surface area contributed by atoms with E-state index in [1.807, 2.05) is 13.8 Å². The van der Waals surface area contributed by atoms with Crippen LogP contribution in [0.3, 0.4) is 0 Å². The van der Waals surface area contributed by atoms with Crippen LogP contribution < -0.4 is 10.6 Å². The lowest BCUT2D eigenvalue weighted by atomic mass is 9.99. The molecule has 0 bridgehead atoms. The Bertz CT molecular complexity index is 341. The van der Waals surface area contributed by atoms with Crippen LogP contribution in [0.15, 0.2) is 0 Å². The third-order valence-corrected chi connectivity index (χ3v) is 3.68. The summed E-state index contributed by atoms with van der Waals surface area (Å²) in [6, 6.07) is -0.912. The number of nitrogens with one attached hydrogen (secondary N) is 2. The second kappa shape index (κ2) is 7.56. The zero-order valence-corrected chi connectivity index (χ0v) is 12.4. The zero-order valence-electron chi connectivity index (χ0n) is 12.4. The number of piperazine rings is 1. The Morgan fingerprint density at radius 2 is 2.00 bits per heavy atom. The van der Waals surface area contributed by atoms with Gasteiger partial charge in [0, 0.05) is 46.3 Å². The number of methoxy groups -OCH3 is 1. The van der Waals surface area contributed by atoms with Gasteiger partial charge in [-0.25, -0.2) is 4.79 Å². The molecule has 0 radical (unpaired) electrons. The molecular weight excluding hydrogens is 262 g/mol. The minimum absolute atomic E-state index is 0.259. The molecule has 0 saturated carbocycles. The van der Waals surface area contributed by atoms with E-state index >= 15 is 0 Å². The molecule has 0 spiro atoms. The molecule has 0 aliphatic carbocycles. The fraction of sp³-hybridized carbons (Fsp3) is 0.846. The average molecular weight is 287 g/mol. The smallest absolute Gasteiger partial charge is 0.326 e. The van der Waals surface area contributed by atoms with Crippen LogP contribution >= 0.6 is 0 Å². The molecule has 1 fully saturated rings. The molecule has 1 heterocycles. The van der Waals surface area contributed by atoms with Crippen LogP contribution in [0.2, 0.25) is 0 Å². The quantitative estimate of drug-likeness (QED) is 0.572. The van der Waals surface area contributed by atoms with E-state index in [1.165, 1.54) is 7.11 Å². The maximum absolute atomic E-state index is 12.4. The van der Waals surface area contributed by atoms with Gasteiger partial charge in [0.15, 0.2) is 0 Å². The first-order chi connectivity index (χ1) is 9.39. The van der Waals surface area contributed by atoms with Gasteiger partial charge in [0.1, 0.15) is 6.04 Å². The van der Waals surface area contributed by atoms with Gasteiger partial charge >= 0.3 is 5.97 Å². The van der Waals surface area contributed by atoms with Crippen molar-refractivity contribution in [3.05, 3.63) is 0 Å². The minimum Gasteiger partial charge on any atom is -0.480 e. The summed E-state index contributed by atoms with van der Waals surface area (Å²) in [6.07, 6.45) is 0.259. The molecular formula is C13H25N3O4. The third kappa shape index (κ3) is 4.43. The normalized spacial score (nSPS) is 18.6. The van der Waals surface area contributed by atoms with E-state index in [9.17, 15) is 9.59 Å². The summed E-state index contributed by atoms with van der Waals surface area (Å²) in [5.74, 6) is -1.30. The van der Waals surface area contributed by atoms with Crippen LogP contribution in [0.25, 0.3) is 0 Å². The summed E-state index contributed by atoms with van der Waals surface area (Å²) in [6.45, 7) is 7.16. The van der Waals surface area contributed by atoms with Gasteiger partial charge in [-0.3, -0.25) is 9.69 Å². The summed E-state index contributed by atoms with van der Waals surface area (Å²) >= 11 is 0. The number of hydrogen-bond donors (Lipinski definition) is 3. The van der Waals surface area contributed by atoms with Gasteiger partial charge < -0.3 is 20.5 Å². The highest BCUT2D eigenvalue weighted by molar-refractivity contribution is 5.89. The summed E-state index contributed by atoms with van der Waals surface area (Å²) in [5.41, 5.74) is -0.719. The molecule has 3 N–H and O–H groups in total. The molecule has 20 heavy (non-hydrogen) atoms. The molecule has 0 aromatic carbocycles. The molecule has 0 aromatic heterocycles. The van der Waals surface area contributed by atoms with Gasteiger partial charge in [-0.15, -0.1) is 0 Å². The maximum Gasteiger partial charge on any atom is 0.326 e. The number of amides is 1. The van der Waals surface area contributed by atoms with Gasteiger partial charge in [-0.1, -0.05) is 0 Å². The van der Waals surface area contributed by atoms with E-state index < -0.39 is 17.6 Å². The molecule has 7 nitrogen and oxygen atoms in total. The molecule has 1 aliphatic heterocycles. The lowest BCUT2D eigenvalue weighted by Crippen LogP contribution is -2.61. The highest BCUT2D eigenvalue weighted by Crippen LogP contribution is 2.15. The second-order valence-electron chi connectivity index (χ2n) is 5.44. The standard InChI is InChI=1S/C13H25N3O4/c1-13(2,16-7-5-14-6-8-16)12(19)15-10(11(17)18)4-9-20-3/h10,14H,4-9H2,1-3H3,(H,15,19)(H,17,18). The van der Waals surface area contributed by atoms with E-state index in [0.717, 1.165) is 26.2 Å². The number of carboxylic acids is 1. The number of hydrogen-bond acceptors (Lipinski definition) is 5. The van der Waals surface area contributed by atoms with Crippen molar-refractivity contribution in [3.63, 3.8) is 0 Å². The predicted octanol–water partition coefficient (Wildman–Crippen LogP) is -0.724. The van der Waals surface area contributed by atoms with E-state index in [1.54, 1.807) is 0 Å². The summed E-state index contributed by atoms with van der Waals surface area (Å²) < 4.78 is 4.87. The average Bonchev–Trinajstić information content (AvgIpc) is 2.43. The Balaban J connectivity index is 2.63. The molecule has 116 valence electrons. The van der Waals surface area contributed by atoms with Crippen molar-refractivity contribution in [1.82, 2.24) is 15.5 Å². The van der Waals surface area contributed by atoms with Gasteiger partial charge in [-0.05, 0) is 13.8 Å². The first-order valence-electron chi connectivity index (χ1n) is 6.88. The van der Waals surface area contributed by atoms with E-state index in [-0.39, 0.29) is 12.3 Å². The Kier molecular flexibility index (Phi) is 6.38. The number of aliphatic carboxylic acids is 1. The highest BCUT2D eigenvalue weighted by Gasteiger charge is 2.37. The monoisotopic (exact) mass is 287 g/mol. The Hall–Kier alpha value is -1.18. The molecule has 0 aromatic rings. The van der Waals surface area contributed by atoms with Crippen molar-refractivity contribution in [1.29, 1.82) is 0 Å². The van der Waals surface area contributed by atoms with Crippen molar-refractivity contribution in [2.24, 2.45) is 0 Å². The van der Waals surface area contributed by atoms with Gasteiger partial charge in [0.05, 0.1) is 5.54 Å².